The van der Waals surface area contributed by atoms with Crippen LogP contribution >= 0.6 is 0 Å². The molecule has 1 aliphatic rings. The van der Waals surface area contributed by atoms with Crippen molar-refractivity contribution in [1.82, 2.24) is 14.5 Å². The average Bonchev–Trinajstić information content (AvgIpc) is 3.07. The van der Waals surface area contributed by atoms with Gasteiger partial charge in [0.25, 0.3) is 5.91 Å². The highest BCUT2D eigenvalue weighted by atomic mass is 16.6. The maximum absolute atomic E-state index is 11.7. The third kappa shape index (κ3) is 2.40. The Labute approximate surface area is 136 Å². The van der Waals surface area contributed by atoms with E-state index in [0.717, 1.165) is 0 Å². The summed E-state index contributed by atoms with van der Waals surface area (Å²) in [7, 11) is 0. The van der Waals surface area contributed by atoms with Crippen LogP contribution in [0.4, 0.5) is 5.82 Å². The van der Waals surface area contributed by atoms with Gasteiger partial charge in [0.1, 0.15) is 35.6 Å². The van der Waals surface area contributed by atoms with Gasteiger partial charge in [0, 0.05) is 12.6 Å². The van der Waals surface area contributed by atoms with E-state index < -0.39 is 37.1 Å². The van der Waals surface area contributed by atoms with Gasteiger partial charge in [-0.25, -0.2) is 9.97 Å². The van der Waals surface area contributed by atoms with Gasteiger partial charge in [0.2, 0.25) is 0 Å². The first-order chi connectivity index (χ1) is 11.4. The Morgan fingerprint density at radius 1 is 1.38 bits per heavy atom. The molecular formula is C14H19N5O5. The van der Waals surface area contributed by atoms with Crippen LogP contribution in [-0.4, -0.2) is 60.7 Å². The van der Waals surface area contributed by atoms with E-state index in [1.807, 2.05) is 6.92 Å². The van der Waals surface area contributed by atoms with Gasteiger partial charge in [-0.15, -0.1) is 0 Å². The Morgan fingerprint density at radius 3 is 2.62 bits per heavy atom. The van der Waals surface area contributed by atoms with Crippen molar-refractivity contribution in [3.05, 3.63) is 17.6 Å². The number of aromatic nitrogens is 3. The molecule has 3 heterocycles. The molecule has 0 spiro atoms. The van der Waals surface area contributed by atoms with Crippen molar-refractivity contribution in [3.63, 3.8) is 0 Å². The van der Waals surface area contributed by atoms with E-state index in [1.54, 1.807) is 0 Å². The maximum atomic E-state index is 11.7. The SMILES string of the molecule is CCc1nc(N)c2c(C(N)=O)cn([C@@H]3O[C@@H](CO)[C@H](O)[C@H]3O)c2n1. The highest BCUT2D eigenvalue weighted by Crippen LogP contribution is 2.34. The van der Waals surface area contributed by atoms with Crippen LogP contribution in [0.5, 0.6) is 0 Å². The fourth-order valence-electron chi connectivity index (χ4n) is 2.87. The molecule has 0 aliphatic carbocycles. The quantitative estimate of drug-likeness (QED) is 0.439. The van der Waals surface area contributed by atoms with Crippen LogP contribution in [0.15, 0.2) is 6.20 Å². The average molecular weight is 337 g/mol. The molecule has 1 aliphatic heterocycles. The molecule has 0 unspecified atom stereocenters. The van der Waals surface area contributed by atoms with Crippen LogP contribution in [-0.2, 0) is 11.2 Å². The Kier molecular flexibility index (Phi) is 4.13. The Morgan fingerprint density at radius 2 is 2.08 bits per heavy atom. The van der Waals surface area contributed by atoms with E-state index in [-0.39, 0.29) is 22.4 Å². The predicted molar refractivity (Wildman–Crippen MR) is 82.8 cm³/mol. The van der Waals surface area contributed by atoms with Crippen molar-refractivity contribution < 1.29 is 24.9 Å². The molecule has 1 fully saturated rings. The maximum Gasteiger partial charge on any atom is 0.251 e. The van der Waals surface area contributed by atoms with E-state index in [0.29, 0.717) is 12.2 Å². The van der Waals surface area contributed by atoms with Crippen molar-refractivity contribution in [1.29, 1.82) is 0 Å². The number of carbonyl (C=O) groups is 1. The van der Waals surface area contributed by atoms with E-state index >= 15 is 0 Å². The minimum atomic E-state index is -1.32. The summed E-state index contributed by atoms with van der Waals surface area (Å²) in [5.74, 6) is -0.191. The number of carbonyl (C=O) groups excluding carboxylic acids is 1. The minimum absolute atomic E-state index is 0.0860. The molecule has 0 bridgehead atoms. The molecule has 24 heavy (non-hydrogen) atoms. The van der Waals surface area contributed by atoms with E-state index in [4.69, 9.17) is 16.2 Å². The van der Waals surface area contributed by atoms with Crippen molar-refractivity contribution in [2.45, 2.75) is 37.9 Å². The highest BCUT2D eigenvalue weighted by Gasteiger charge is 2.44. The molecule has 4 atom stereocenters. The third-order valence-corrected chi connectivity index (χ3v) is 4.12. The number of nitrogens with zero attached hydrogens (tertiary/aromatic N) is 3. The molecule has 0 radical (unpaired) electrons. The topological polar surface area (TPSA) is 170 Å². The number of hydrogen-bond acceptors (Lipinski definition) is 8. The van der Waals surface area contributed by atoms with E-state index in [2.05, 4.69) is 9.97 Å². The summed E-state index contributed by atoms with van der Waals surface area (Å²) in [5.41, 5.74) is 11.7. The lowest BCUT2D eigenvalue weighted by molar-refractivity contribution is -0.0509. The fraction of sp³-hybridized carbons (Fsp3) is 0.500. The number of aliphatic hydroxyl groups is 3. The largest absolute Gasteiger partial charge is 0.394 e. The number of aliphatic hydroxyl groups excluding tert-OH is 3. The fourth-order valence-corrected chi connectivity index (χ4v) is 2.87. The monoisotopic (exact) mass is 337 g/mol. The number of rotatable bonds is 4. The first kappa shape index (κ1) is 16.6. The summed E-state index contributed by atoms with van der Waals surface area (Å²) >= 11 is 0. The van der Waals surface area contributed by atoms with Crippen LogP contribution in [0, 0.1) is 0 Å². The minimum Gasteiger partial charge on any atom is -0.394 e. The third-order valence-electron chi connectivity index (χ3n) is 4.12. The van der Waals surface area contributed by atoms with E-state index in [1.165, 1.54) is 10.8 Å². The second kappa shape index (κ2) is 5.98. The Bertz CT molecular complexity index is 791. The Balaban J connectivity index is 2.21. The van der Waals surface area contributed by atoms with Gasteiger partial charge < -0.3 is 36.1 Å². The summed E-state index contributed by atoms with van der Waals surface area (Å²) in [6, 6.07) is 0. The van der Waals surface area contributed by atoms with E-state index in [9.17, 15) is 20.1 Å². The van der Waals surface area contributed by atoms with Crippen molar-refractivity contribution in [2.24, 2.45) is 5.73 Å². The Hall–Kier alpha value is -2.27. The molecule has 0 aromatic carbocycles. The molecule has 2 aromatic rings. The number of aryl methyl sites for hydroxylation is 1. The number of nitrogen functional groups attached to an aromatic ring is 1. The number of amides is 1. The second-order valence-corrected chi connectivity index (χ2v) is 5.62. The standard InChI is InChI=1S/C14H19N5O5/c1-2-7-17-11(15)8-5(12(16)23)3-19(13(8)18-7)14-10(22)9(21)6(4-20)24-14/h3,6,9-10,14,20-22H,2,4H2,1H3,(H2,16,23)(H2,15,17,18)/t6-,9-,10+,14+/m0/s1. The molecule has 130 valence electrons. The second-order valence-electron chi connectivity index (χ2n) is 5.62. The number of fused-ring (bicyclic) bond motifs is 1. The van der Waals surface area contributed by atoms with Gasteiger partial charge >= 0.3 is 0 Å². The van der Waals surface area contributed by atoms with Crippen molar-refractivity contribution >= 4 is 22.8 Å². The van der Waals surface area contributed by atoms with Crippen molar-refractivity contribution in [3.8, 4) is 0 Å². The summed E-state index contributed by atoms with van der Waals surface area (Å²) < 4.78 is 6.88. The normalized spacial score (nSPS) is 27.0. The summed E-state index contributed by atoms with van der Waals surface area (Å²) in [5, 5.41) is 29.6. The summed E-state index contributed by atoms with van der Waals surface area (Å²) in [6.07, 6.45) is -2.74. The van der Waals surface area contributed by atoms with Crippen LogP contribution in [0.25, 0.3) is 11.0 Å². The lowest BCUT2D eigenvalue weighted by Gasteiger charge is -2.17. The molecule has 1 amide bonds. The van der Waals surface area contributed by atoms with Crippen LogP contribution < -0.4 is 11.5 Å². The predicted octanol–water partition coefficient (Wildman–Crippen LogP) is -1.71. The first-order valence-electron chi connectivity index (χ1n) is 7.48. The zero-order chi connectivity index (χ0) is 17.6. The summed E-state index contributed by atoms with van der Waals surface area (Å²) in [6.45, 7) is 1.38. The zero-order valence-electron chi connectivity index (χ0n) is 13.0. The molecule has 0 saturated carbocycles. The molecule has 7 N–H and O–H groups in total. The number of anilines is 1. The number of ether oxygens (including phenoxy) is 1. The van der Waals surface area contributed by atoms with Crippen LogP contribution in [0.1, 0.15) is 29.3 Å². The molecule has 10 nitrogen and oxygen atoms in total. The number of nitrogens with two attached hydrogens (primary N) is 2. The molecule has 2 aromatic heterocycles. The molecule has 1 saturated heterocycles. The van der Waals surface area contributed by atoms with Gasteiger partial charge in [0.15, 0.2) is 6.23 Å². The smallest absolute Gasteiger partial charge is 0.251 e. The molecular weight excluding hydrogens is 318 g/mol. The van der Waals surface area contributed by atoms with Gasteiger partial charge in [0.05, 0.1) is 17.6 Å². The zero-order valence-corrected chi connectivity index (χ0v) is 13.0. The number of primary amides is 1. The molecule has 10 heteroatoms. The van der Waals surface area contributed by atoms with Gasteiger partial charge in [-0.3, -0.25) is 4.79 Å². The first-order valence-corrected chi connectivity index (χ1v) is 7.48. The van der Waals surface area contributed by atoms with Gasteiger partial charge in [-0.05, 0) is 0 Å². The van der Waals surface area contributed by atoms with Crippen molar-refractivity contribution in [2.75, 3.05) is 12.3 Å². The van der Waals surface area contributed by atoms with Crippen LogP contribution in [0.2, 0.25) is 0 Å². The highest BCUT2D eigenvalue weighted by molar-refractivity contribution is 6.08. The van der Waals surface area contributed by atoms with Crippen LogP contribution in [0.3, 0.4) is 0 Å². The number of hydrogen-bond donors (Lipinski definition) is 5. The summed E-state index contributed by atoms with van der Waals surface area (Å²) in [4.78, 5) is 20.2. The van der Waals surface area contributed by atoms with Gasteiger partial charge in [-0.1, -0.05) is 6.92 Å². The van der Waals surface area contributed by atoms with Gasteiger partial charge in [-0.2, -0.15) is 0 Å². The lowest BCUT2D eigenvalue weighted by Crippen LogP contribution is -2.33. The molecule has 3 rings (SSSR count). The lowest BCUT2D eigenvalue weighted by atomic mass is 10.1.